The molecule has 4 N–H and O–H groups in total. The SMILES string of the molecule is CCC(C)NS(=O)(=O)c1cc(O)c(O)c(S(=O)(=O)NC(C)CC)c1. The van der Waals surface area contributed by atoms with Crippen LogP contribution in [0.25, 0.3) is 0 Å². The van der Waals surface area contributed by atoms with Gasteiger partial charge in [-0.15, -0.1) is 0 Å². The molecule has 0 radical (unpaired) electrons. The lowest BCUT2D eigenvalue weighted by molar-refractivity contribution is 0.390. The third-order valence-electron chi connectivity index (χ3n) is 3.57. The van der Waals surface area contributed by atoms with Crippen LogP contribution >= 0.6 is 0 Å². The van der Waals surface area contributed by atoms with Gasteiger partial charge in [0.05, 0.1) is 4.90 Å². The fourth-order valence-electron chi connectivity index (χ4n) is 1.76. The van der Waals surface area contributed by atoms with Gasteiger partial charge >= 0.3 is 0 Å². The van der Waals surface area contributed by atoms with E-state index in [0.29, 0.717) is 12.8 Å². The molecule has 1 aromatic rings. The summed E-state index contributed by atoms with van der Waals surface area (Å²) in [5.41, 5.74) is 0. The third-order valence-corrected chi connectivity index (χ3v) is 6.74. The van der Waals surface area contributed by atoms with Crippen LogP contribution in [-0.2, 0) is 20.0 Å². The van der Waals surface area contributed by atoms with E-state index in [4.69, 9.17) is 0 Å². The minimum Gasteiger partial charge on any atom is -0.504 e. The predicted octanol–water partition coefficient (Wildman–Crippen LogP) is 1.25. The summed E-state index contributed by atoms with van der Waals surface area (Å²) in [5.74, 6) is -1.72. The van der Waals surface area contributed by atoms with E-state index in [2.05, 4.69) is 9.44 Å². The van der Waals surface area contributed by atoms with E-state index in [1.54, 1.807) is 27.7 Å². The number of benzene rings is 1. The number of sulfonamides is 2. The van der Waals surface area contributed by atoms with Gasteiger partial charge in [0.25, 0.3) is 0 Å². The van der Waals surface area contributed by atoms with Crippen molar-refractivity contribution in [2.45, 2.75) is 62.4 Å². The van der Waals surface area contributed by atoms with Crippen LogP contribution in [-0.4, -0.2) is 39.1 Å². The molecule has 0 saturated heterocycles. The van der Waals surface area contributed by atoms with E-state index in [0.717, 1.165) is 12.1 Å². The number of aromatic hydroxyl groups is 2. The summed E-state index contributed by atoms with van der Waals surface area (Å²) in [7, 11) is -8.23. The largest absolute Gasteiger partial charge is 0.504 e. The molecular formula is C14H24N2O6S2. The summed E-state index contributed by atoms with van der Waals surface area (Å²) in [6.45, 7) is 6.83. The molecule has 2 atom stereocenters. The molecule has 0 aliphatic rings. The molecule has 10 heteroatoms. The monoisotopic (exact) mass is 380 g/mol. The normalized spacial score (nSPS) is 15.2. The van der Waals surface area contributed by atoms with Crippen molar-refractivity contribution < 1.29 is 27.0 Å². The Labute approximate surface area is 143 Å². The maximum absolute atomic E-state index is 12.3. The Morgan fingerprint density at radius 1 is 0.917 bits per heavy atom. The lowest BCUT2D eigenvalue weighted by atomic mass is 10.3. The lowest BCUT2D eigenvalue weighted by Gasteiger charge is -2.16. The fourth-order valence-corrected chi connectivity index (χ4v) is 4.67. The van der Waals surface area contributed by atoms with Crippen LogP contribution in [0.15, 0.2) is 21.9 Å². The van der Waals surface area contributed by atoms with Crippen molar-refractivity contribution in [1.29, 1.82) is 0 Å². The summed E-state index contributed by atoms with van der Waals surface area (Å²) in [6.07, 6.45) is 1.03. The summed E-state index contributed by atoms with van der Waals surface area (Å²) in [4.78, 5) is -1.13. The van der Waals surface area contributed by atoms with Crippen LogP contribution in [0, 0.1) is 0 Å². The van der Waals surface area contributed by atoms with Crippen LogP contribution in [0.1, 0.15) is 40.5 Å². The molecule has 0 aromatic heterocycles. The van der Waals surface area contributed by atoms with Crippen molar-refractivity contribution in [2.24, 2.45) is 0 Å². The van der Waals surface area contributed by atoms with E-state index in [1.807, 2.05) is 0 Å². The highest BCUT2D eigenvalue weighted by Gasteiger charge is 2.27. The minimum absolute atomic E-state index is 0.371. The zero-order chi connectivity index (χ0) is 18.7. The van der Waals surface area contributed by atoms with Gasteiger partial charge in [0.1, 0.15) is 4.90 Å². The number of nitrogens with one attached hydrogen (secondary N) is 2. The van der Waals surface area contributed by atoms with Gasteiger partial charge in [-0.25, -0.2) is 26.3 Å². The molecule has 0 aliphatic heterocycles. The fraction of sp³-hybridized carbons (Fsp3) is 0.571. The van der Waals surface area contributed by atoms with Gasteiger partial charge < -0.3 is 10.2 Å². The van der Waals surface area contributed by atoms with Crippen LogP contribution in [0.3, 0.4) is 0 Å². The first-order chi connectivity index (χ1) is 10.9. The predicted molar refractivity (Wildman–Crippen MR) is 89.9 cm³/mol. The second kappa shape index (κ2) is 7.68. The second-order valence-electron chi connectivity index (χ2n) is 5.65. The van der Waals surface area contributed by atoms with Gasteiger partial charge in [0.2, 0.25) is 20.0 Å². The molecule has 2 unspecified atom stereocenters. The Morgan fingerprint density at radius 2 is 1.38 bits per heavy atom. The minimum atomic E-state index is -4.19. The number of rotatable bonds is 8. The average molecular weight is 380 g/mol. The Hall–Kier alpha value is -1.36. The Bertz CT molecular complexity index is 790. The van der Waals surface area contributed by atoms with Gasteiger partial charge in [-0.1, -0.05) is 13.8 Å². The number of phenols is 2. The molecule has 24 heavy (non-hydrogen) atoms. The molecular weight excluding hydrogens is 356 g/mol. The first-order valence-corrected chi connectivity index (χ1v) is 10.5. The molecule has 0 bridgehead atoms. The smallest absolute Gasteiger partial charge is 0.244 e. The van der Waals surface area contributed by atoms with Crippen molar-refractivity contribution in [3.05, 3.63) is 12.1 Å². The maximum atomic E-state index is 12.3. The number of phenolic OH excluding ortho intramolecular Hbond substituents is 2. The highest BCUT2D eigenvalue weighted by molar-refractivity contribution is 7.90. The Balaban J connectivity index is 3.43. The topological polar surface area (TPSA) is 133 Å². The first kappa shape index (κ1) is 20.7. The van der Waals surface area contributed by atoms with Gasteiger partial charge in [-0.05, 0) is 32.8 Å². The zero-order valence-corrected chi connectivity index (χ0v) is 15.7. The Morgan fingerprint density at radius 3 is 1.83 bits per heavy atom. The highest BCUT2D eigenvalue weighted by atomic mass is 32.2. The molecule has 0 spiro atoms. The maximum Gasteiger partial charge on any atom is 0.244 e. The van der Waals surface area contributed by atoms with E-state index < -0.39 is 47.4 Å². The van der Waals surface area contributed by atoms with Gasteiger partial charge in [0, 0.05) is 18.2 Å². The average Bonchev–Trinajstić information content (AvgIpc) is 2.48. The summed E-state index contributed by atoms with van der Waals surface area (Å²) in [5, 5.41) is 19.6. The van der Waals surface area contributed by atoms with Crippen LogP contribution < -0.4 is 9.44 Å². The van der Waals surface area contributed by atoms with Crippen molar-refractivity contribution in [1.82, 2.24) is 9.44 Å². The zero-order valence-electron chi connectivity index (χ0n) is 14.1. The van der Waals surface area contributed by atoms with E-state index in [-0.39, 0.29) is 6.04 Å². The molecule has 8 nitrogen and oxygen atoms in total. The number of hydrogen-bond acceptors (Lipinski definition) is 6. The summed E-state index contributed by atoms with van der Waals surface area (Å²) in [6, 6.07) is 0.839. The first-order valence-electron chi connectivity index (χ1n) is 7.55. The molecule has 0 saturated carbocycles. The molecule has 0 aliphatic carbocycles. The van der Waals surface area contributed by atoms with Crippen LogP contribution in [0.5, 0.6) is 11.5 Å². The van der Waals surface area contributed by atoms with Crippen molar-refractivity contribution in [3.63, 3.8) is 0 Å². The number of hydrogen-bond donors (Lipinski definition) is 4. The molecule has 0 heterocycles. The molecule has 0 amide bonds. The van der Waals surface area contributed by atoms with Crippen molar-refractivity contribution in [2.75, 3.05) is 0 Å². The van der Waals surface area contributed by atoms with Crippen molar-refractivity contribution >= 4 is 20.0 Å². The van der Waals surface area contributed by atoms with E-state index >= 15 is 0 Å². The second-order valence-corrected chi connectivity index (χ2v) is 9.05. The van der Waals surface area contributed by atoms with Crippen LogP contribution in [0.2, 0.25) is 0 Å². The quantitative estimate of drug-likeness (QED) is 0.502. The van der Waals surface area contributed by atoms with Gasteiger partial charge in [-0.3, -0.25) is 0 Å². The van der Waals surface area contributed by atoms with Crippen LogP contribution in [0.4, 0.5) is 0 Å². The molecule has 1 rings (SSSR count). The molecule has 138 valence electrons. The Kier molecular flexibility index (Phi) is 6.62. The molecule has 0 fully saturated rings. The molecule has 1 aromatic carbocycles. The van der Waals surface area contributed by atoms with Crippen molar-refractivity contribution in [3.8, 4) is 11.5 Å². The highest BCUT2D eigenvalue weighted by Crippen LogP contribution is 2.35. The summed E-state index contributed by atoms with van der Waals surface area (Å²) >= 11 is 0. The standard InChI is InChI=1S/C14H24N2O6S2/c1-5-9(3)15-23(19,20)11-7-12(17)14(18)13(8-11)24(21,22)16-10(4)6-2/h7-10,15-18H,5-6H2,1-4H3. The van der Waals surface area contributed by atoms with Gasteiger partial charge in [-0.2, -0.15) is 0 Å². The lowest BCUT2D eigenvalue weighted by Crippen LogP contribution is -2.33. The van der Waals surface area contributed by atoms with E-state index in [9.17, 15) is 27.0 Å². The summed E-state index contributed by atoms with van der Waals surface area (Å²) < 4.78 is 53.9. The van der Waals surface area contributed by atoms with E-state index in [1.165, 1.54) is 0 Å². The third kappa shape index (κ3) is 4.82. The van der Waals surface area contributed by atoms with Gasteiger partial charge in [0.15, 0.2) is 11.5 Å².